The van der Waals surface area contributed by atoms with Crippen LogP contribution >= 0.6 is 11.3 Å². The average molecular weight is 285 g/mol. The lowest BCUT2D eigenvalue weighted by atomic mass is 10.2. The van der Waals surface area contributed by atoms with E-state index in [-0.39, 0.29) is 0 Å². The molecule has 0 aliphatic rings. The Bertz CT molecular complexity index is 659. The van der Waals surface area contributed by atoms with Gasteiger partial charge in [0.05, 0.1) is 11.6 Å². The Morgan fingerprint density at radius 2 is 2.10 bits per heavy atom. The Morgan fingerprint density at radius 1 is 1.25 bits per heavy atom. The fraction of sp³-hybridized carbons (Fsp3) is 0.0714. The summed E-state index contributed by atoms with van der Waals surface area (Å²) in [5.41, 5.74) is 1.78. The number of nitriles is 1. The summed E-state index contributed by atoms with van der Waals surface area (Å²) in [5.74, 6) is -1.46. The number of nitrogens with one attached hydrogen (secondary N) is 2. The molecular formula is C14H11N3O2S. The Hall–Kier alpha value is -2.65. The van der Waals surface area contributed by atoms with Gasteiger partial charge in [-0.05, 0) is 40.6 Å². The first kappa shape index (κ1) is 13.8. The standard InChI is InChI=1S/C14H11N3O2S/c15-7-10-2-1-3-12(6-10)17-14(19)13(18)16-8-11-4-5-20-9-11/h1-6,9H,8H2,(H,16,18)(H,17,19). The number of carbonyl (C=O) groups excluding carboxylic acids is 2. The van der Waals surface area contributed by atoms with Crippen LogP contribution in [0.5, 0.6) is 0 Å². The third-order valence-electron chi connectivity index (χ3n) is 2.49. The Balaban J connectivity index is 1.90. The zero-order valence-electron chi connectivity index (χ0n) is 10.4. The van der Waals surface area contributed by atoms with E-state index in [1.54, 1.807) is 18.2 Å². The zero-order valence-corrected chi connectivity index (χ0v) is 11.2. The molecule has 20 heavy (non-hydrogen) atoms. The maximum atomic E-state index is 11.7. The van der Waals surface area contributed by atoms with E-state index in [2.05, 4.69) is 10.6 Å². The van der Waals surface area contributed by atoms with Gasteiger partial charge in [-0.25, -0.2) is 0 Å². The molecule has 1 aromatic carbocycles. The Kier molecular flexibility index (Phi) is 4.47. The molecular weight excluding hydrogens is 274 g/mol. The van der Waals surface area contributed by atoms with E-state index in [0.29, 0.717) is 17.8 Å². The topological polar surface area (TPSA) is 82.0 Å². The van der Waals surface area contributed by atoms with Crippen molar-refractivity contribution in [2.75, 3.05) is 5.32 Å². The van der Waals surface area contributed by atoms with Crippen LogP contribution in [0, 0.1) is 11.3 Å². The van der Waals surface area contributed by atoms with E-state index in [1.807, 2.05) is 22.9 Å². The second-order valence-corrected chi connectivity index (χ2v) is 4.74. The van der Waals surface area contributed by atoms with Crippen molar-refractivity contribution in [1.29, 1.82) is 5.26 Å². The quantitative estimate of drug-likeness (QED) is 0.845. The van der Waals surface area contributed by atoms with Crippen molar-refractivity contribution in [3.05, 3.63) is 52.2 Å². The summed E-state index contributed by atoms with van der Waals surface area (Å²) < 4.78 is 0. The molecule has 100 valence electrons. The van der Waals surface area contributed by atoms with Gasteiger partial charge in [-0.1, -0.05) is 6.07 Å². The van der Waals surface area contributed by atoms with Crippen LogP contribution in [0.25, 0.3) is 0 Å². The normalized spacial score (nSPS) is 9.55. The van der Waals surface area contributed by atoms with Crippen molar-refractivity contribution >= 4 is 28.8 Å². The minimum atomic E-state index is -0.754. The van der Waals surface area contributed by atoms with Crippen LogP contribution in [0.1, 0.15) is 11.1 Å². The number of amides is 2. The lowest BCUT2D eigenvalue weighted by Gasteiger charge is -2.06. The molecule has 1 heterocycles. The van der Waals surface area contributed by atoms with Crippen LogP contribution in [0.3, 0.4) is 0 Å². The van der Waals surface area contributed by atoms with Gasteiger partial charge in [0.15, 0.2) is 0 Å². The molecule has 0 bridgehead atoms. The van der Waals surface area contributed by atoms with Crippen LogP contribution in [0.4, 0.5) is 5.69 Å². The highest BCUT2D eigenvalue weighted by atomic mass is 32.1. The summed E-state index contributed by atoms with van der Waals surface area (Å²) in [5, 5.41) is 17.5. The summed E-state index contributed by atoms with van der Waals surface area (Å²) in [7, 11) is 0. The van der Waals surface area contributed by atoms with E-state index in [1.165, 1.54) is 17.4 Å². The Morgan fingerprint density at radius 3 is 2.80 bits per heavy atom. The van der Waals surface area contributed by atoms with Gasteiger partial charge in [0.25, 0.3) is 0 Å². The highest BCUT2D eigenvalue weighted by Crippen LogP contribution is 2.09. The maximum absolute atomic E-state index is 11.7. The van der Waals surface area contributed by atoms with Crippen LogP contribution in [0.2, 0.25) is 0 Å². The minimum absolute atomic E-state index is 0.313. The first-order chi connectivity index (χ1) is 9.69. The van der Waals surface area contributed by atoms with Gasteiger partial charge in [0, 0.05) is 12.2 Å². The zero-order chi connectivity index (χ0) is 14.4. The van der Waals surface area contributed by atoms with Crippen molar-refractivity contribution in [3.63, 3.8) is 0 Å². The number of rotatable bonds is 3. The molecule has 0 spiro atoms. The number of benzene rings is 1. The first-order valence-electron chi connectivity index (χ1n) is 5.79. The number of carbonyl (C=O) groups is 2. The number of nitrogens with zero attached hydrogens (tertiary/aromatic N) is 1. The van der Waals surface area contributed by atoms with Gasteiger partial charge in [0.2, 0.25) is 0 Å². The second kappa shape index (κ2) is 6.50. The van der Waals surface area contributed by atoms with Crippen molar-refractivity contribution < 1.29 is 9.59 Å². The number of hydrogen-bond acceptors (Lipinski definition) is 4. The molecule has 0 saturated heterocycles. The molecule has 5 nitrogen and oxygen atoms in total. The molecule has 0 unspecified atom stereocenters. The van der Waals surface area contributed by atoms with E-state index in [0.717, 1.165) is 5.56 Å². The Labute approximate surface area is 119 Å². The maximum Gasteiger partial charge on any atom is 0.313 e. The molecule has 2 N–H and O–H groups in total. The molecule has 2 rings (SSSR count). The van der Waals surface area contributed by atoms with Crippen molar-refractivity contribution in [2.45, 2.75) is 6.54 Å². The van der Waals surface area contributed by atoms with E-state index < -0.39 is 11.8 Å². The highest BCUT2D eigenvalue weighted by Gasteiger charge is 2.13. The predicted octanol–water partition coefficient (Wildman–Crippen LogP) is 1.87. The largest absolute Gasteiger partial charge is 0.344 e. The van der Waals surface area contributed by atoms with E-state index in [4.69, 9.17) is 5.26 Å². The number of anilines is 1. The van der Waals surface area contributed by atoms with Crippen LogP contribution in [-0.2, 0) is 16.1 Å². The molecule has 0 radical (unpaired) electrons. The molecule has 0 fully saturated rings. The monoisotopic (exact) mass is 285 g/mol. The van der Waals surface area contributed by atoms with Gasteiger partial charge >= 0.3 is 11.8 Å². The highest BCUT2D eigenvalue weighted by molar-refractivity contribution is 7.07. The lowest BCUT2D eigenvalue weighted by molar-refractivity contribution is -0.136. The van der Waals surface area contributed by atoms with Crippen molar-refractivity contribution in [3.8, 4) is 6.07 Å². The first-order valence-corrected chi connectivity index (χ1v) is 6.74. The fourth-order valence-corrected chi connectivity index (χ4v) is 2.18. The van der Waals surface area contributed by atoms with Crippen LogP contribution in [0.15, 0.2) is 41.1 Å². The van der Waals surface area contributed by atoms with E-state index in [9.17, 15) is 9.59 Å². The summed E-state index contributed by atoms with van der Waals surface area (Å²) >= 11 is 1.52. The van der Waals surface area contributed by atoms with Gasteiger partial charge in [-0.3, -0.25) is 9.59 Å². The molecule has 0 saturated carbocycles. The number of thiophene rings is 1. The van der Waals surface area contributed by atoms with Crippen LogP contribution < -0.4 is 10.6 Å². The number of hydrogen-bond donors (Lipinski definition) is 2. The smallest absolute Gasteiger partial charge is 0.313 e. The average Bonchev–Trinajstić information content (AvgIpc) is 2.98. The van der Waals surface area contributed by atoms with Crippen molar-refractivity contribution in [1.82, 2.24) is 5.32 Å². The van der Waals surface area contributed by atoms with Gasteiger partial charge in [-0.15, -0.1) is 0 Å². The second-order valence-electron chi connectivity index (χ2n) is 3.96. The SMILES string of the molecule is N#Cc1cccc(NC(=O)C(=O)NCc2ccsc2)c1. The molecule has 0 aliphatic heterocycles. The molecule has 2 aromatic rings. The molecule has 6 heteroatoms. The van der Waals surface area contributed by atoms with Gasteiger partial charge < -0.3 is 10.6 Å². The van der Waals surface area contributed by atoms with E-state index >= 15 is 0 Å². The predicted molar refractivity (Wildman–Crippen MR) is 76.0 cm³/mol. The van der Waals surface area contributed by atoms with Crippen molar-refractivity contribution in [2.24, 2.45) is 0 Å². The molecule has 2 amide bonds. The lowest BCUT2D eigenvalue weighted by Crippen LogP contribution is -2.34. The third kappa shape index (κ3) is 3.67. The fourth-order valence-electron chi connectivity index (χ4n) is 1.51. The molecule has 0 aliphatic carbocycles. The minimum Gasteiger partial charge on any atom is -0.344 e. The van der Waals surface area contributed by atoms with Gasteiger partial charge in [0.1, 0.15) is 0 Å². The molecule has 1 aromatic heterocycles. The van der Waals surface area contributed by atoms with Gasteiger partial charge in [-0.2, -0.15) is 16.6 Å². The van der Waals surface area contributed by atoms with Crippen LogP contribution in [-0.4, -0.2) is 11.8 Å². The third-order valence-corrected chi connectivity index (χ3v) is 3.22. The summed E-state index contributed by atoms with van der Waals surface area (Å²) in [6, 6.07) is 10.2. The summed E-state index contributed by atoms with van der Waals surface area (Å²) in [6.07, 6.45) is 0. The molecule has 0 atom stereocenters. The summed E-state index contributed by atoms with van der Waals surface area (Å²) in [6.45, 7) is 0.313. The summed E-state index contributed by atoms with van der Waals surface area (Å²) in [4.78, 5) is 23.3.